The number of nitrogens with zero attached hydrogens (tertiary/aromatic N) is 4. The minimum atomic E-state index is -0.206. The summed E-state index contributed by atoms with van der Waals surface area (Å²) in [6.45, 7) is 16.6. The molecule has 0 amide bonds. The van der Waals surface area contributed by atoms with Crippen LogP contribution in [0.4, 0.5) is 17.1 Å². The molecule has 14 aromatic rings. The molecule has 18 rings (SSSR count). The first kappa shape index (κ1) is 50.1. The number of hydrogen-bond donors (Lipinski definition) is 0. The molecule has 7 heteroatoms. The third-order valence-corrected chi connectivity index (χ3v) is 21.9. The van der Waals surface area contributed by atoms with Crippen LogP contribution in [0.15, 0.2) is 218 Å². The van der Waals surface area contributed by atoms with Crippen molar-refractivity contribution in [1.82, 2.24) is 15.0 Å². The van der Waals surface area contributed by atoms with E-state index in [1.165, 1.54) is 135 Å². The van der Waals surface area contributed by atoms with E-state index in [9.17, 15) is 0 Å². The average Bonchev–Trinajstić information content (AvgIpc) is 1.52. The Bertz CT molecular complexity index is 5180. The van der Waals surface area contributed by atoms with Gasteiger partial charge in [-0.2, -0.15) is 0 Å². The highest BCUT2D eigenvalue weighted by molar-refractivity contribution is 7.26. The predicted octanol–water partition coefficient (Wildman–Crippen LogP) is 19.5. The zero-order valence-electron chi connectivity index (χ0n) is 49.0. The Morgan fingerprint density at radius 3 is 1.48 bits per heavy atom. The Morgan fingerprint density at radius 2 is 0.872 bits per heavy atom. The summed E-state index contributed by atoms with van der Waals surface area (Å²) < 4.78 is 4.95. The van der Waals surface area contributed by atoms with Crippen LogP contribution in [0.3, 0.4) is 0 Å². The highest BCUT2D eigenvalue weighted by Crippen LogP contribution is 2.55. The van der Waals surface area contributed by atoms with Crippen molar-refractivity contribution in [2.24, 2.45) is 0 Å². The molecule has 4 aliphatic rings. The summed E-state index contributed by atoms with van der Waals surface area (Å²) in [6, 6.07) is 82.5. The van der Waals surface area contributed by atoms with E-state index in [-0.39, 0.29) is 23.0 Å². The van der Waals surface area contributed by atoms with Gasteiger partial charge in [0, 0.05) is 84.8 Å². The molecule has 2 aliphatic carbocycles. The van der Waals surface area contributed by atoms with Gasteiger partial charge in [-0.05, 0) is 144 Å². The normalized spacial score (nSPS) is 14.6. The average molecular weight is 1140 g/mol. The summed E-state index contributed by atoms with van der Waals surface area (Å²) in [5, 5.41) is 5.02. The van der Waals surface area contributed by atoms with Crippen molar-refractivity contribution in [3.63, 3.8) is 0 Å². The van der Waals surface area contributed by atoms with E-state index in [1.54, 1.807) is 0 Å². The minimum Gasteiger partial charge on any atom is -0.311 e. The van der Waals surface area contributed by atoms with E-state index >= 15 is 0 Å². The number of thiophene rings is 2. The molecule has 5 heterocycles. The molecule has 0 saturated carbocycles. The van der Waals surface area contributed by atoms with Gasteiger partial charge in [-0.3, -0.25) is 0 Å². The van der Waals surface area contributed by atoms with Crippen molar-refractivity contribution in [2.45, 2.75) is 64.7 Å². The maximum atomic E-state index is 5.66. The second-order valence-electron chi connectivity index (χ2n) is 26.3. The SMILES string of the molecule is CC(C)(C)c1ccc(N2c3cc4c(cc3B3c5cc6c(cc5-c5cc(-c7nc(-c8ccc9c(c8)sc8ccccc89)nc(-c8ccc9c(c8)sc8ccccc89)n7)cc2c53)-c2ccccc2C6(C)C)C(C)(C)c2ccccc2-4)c(-c2ccccc2)c1. The largest absolute Gasteiger partial charge is 0.311 e. The summed E-state index contributed by atoms with van der Waals surface area (Å²) in [6.07, 6.45) is 0. The van der Waals surface area contributed by atoms with E-state index in [2.05, 4.69) is 272 Å². The van der Waals surface area contributed by atoms with Crippen molar-refractivity contribution >= 4 is 103 Å². The lowest BCUT2D eigenvalue weighted by Crippen LogP contribution is -2.55. The first-order chi connectivity index (χ1) is 41.7. The van der Waals surface area contributed by atoms with Crippen LogP contribution in [0.5, 0.6) is 0 Å². The quantitative estimate of drug-likeness (QED) is 0.161. The van der Waals surface area contributed by atoms with Gasteiger partial charge >= 0.3 is 0 Å². The van der Waals surface area contributed by atoms with Gasteiger partial charge in [0.2, 0.25) is 6.71 Å². The molecular formula is C79H57BN4S2. The Hall–Kier alpha value is -9.27. The fourth-order valence-electron chi connectivity index (χ4n) is 15.3. The van der Waals surface area contributed by atoms with Crippen LogP contribution in [-0.2, 0) is 16.2 Å². The molecule has 0 unspecified atom stereocenters. The molecule has 0 radical (unpaired) electrons. The first-order valence-electron chi connectivity index (χ1n) is 30.1. The standard InChI is InChI=1S/C79H57BN4S2/c1-77(2,3)48-31-34-66(55(39-48)44-19-9-8-10-20-44)84-67-41-57-50-22-12-16-26-61(50)79(6,7)63(57)43-65(67)80-64-42-62-56(49-21-11-15-25-60(49)78(62,4)5)40-58(64)59-35-47(36-68(84)73(59)80)76-82-74(45-29-32-53-51-23-13-17-27-69(51)85-71(53)37-45)81-75(83-76)46-30-33-54-52-24-14-18-28-70(52)86-72(54)38-46/h8-43H,1-7H3. The van der Waals surface area contributed by atoms with Crippen LogP contribution in [0.1, 0.15) is 76.3 Å². The van der Waals surface area contributed by atoms with Gasteiger partial charge in [-0.15, -0.1) is 22.7 Å². The van der Waals surface area contributed by atoms with E-state index in [0.29, 0.717) is 17.5 Å². The van der Waals surface area contributed by atoms with Gasteiger partial charge in [0.15, 0.2) is 17.5 Å². The van der Waals surface area contributed by atoms with Gasteiger partial charge < -0.3 is 4.90 Å². The molecule has 3 aromatic heterocycles. The Kier molecular flexibility index (Phi) is 10.3. The van der Waals surface area contributed by atoms with E-state index in [1.807, 2.05) is 22.7 Å². The lowest BCUT2D eigenvalue weighted by Gasteiger charge is -2.38. The zero-order valence-corrected chi connectivity index (χ0v) is 50.6. The highest BCUT2D eigenvalue weighted by Gasteiger charge is 2.48. The number of fused-ring (bicyclic) bond motifs is 17. The van der Waals surface area contributed by atoms with Gasteiger partial charge in [-0.1, -0.05) is 212 Å². The maximum absolute atomic E-state index is 5.66. The summed E-state index contributed by atoms with van der Waals surface area (Å²) in [7, 11) is 0. The van der Waals surface area contributed by atoms with E-state index in [0.717, 1.165) is 28.1 Å². The Balaban J connectivity index is 0.947. The number of benzene rings is 11. The molecule has 0 fully saturated rings. The molecule has 408 valence electrons. The Labute approximate surface area is 509 Å². The molecule has 4 nitrogen and oxygen atoms in total. The molecule has 86 heavy (non-hydrogen) atoms. The third kappa shape index (κ3) is 7.07. The molecule has 0 bridgehead atoms. The van der Waals surface area contributed by atoms with Crippen molar-refractivity contribution in [1.29, 1.82) is 0 Å². The molecular weight excluding hydrogens is 1080 g/mol. The van der Waals surface area contributed by atoms with Gasteiger partial charge in [-0.25, -0.2) is 15.0 Å². The number of anilines is 3. The second-order valence-corrected chi connectivity index (χ2v) is 28.4. The second kappa shape index (κ2) is 17.7. The van der Waals surface area contributed by atoms with Crippen molar-refractivity contribution in [3.05, 3.63) is 246 Å². The van der Waals surface area contributed by atoms with E-state index < -0.39 is 0 Å². The molecule has 0 N–H and O–H groups in total. The number of aromatic nitrogens is 3. The predicted molar refractivity (Wildman–Crippen MR) is 366 cm³/mol. The van der Waals surface area contributed by atoms with E-state index in [4.69, 9.17) is 15.0 Å². The molecule has 11 aromatic carbocycles. The lowest BCUT2D eigenvalue weighted by atomic mass is 9.36. The lowest BCUT2D eigenvalue weighted by molar-refractivity contribution is 0.590. The van der Waals surface area contributed by atoms with Crippen LogP contribution in [0.25, 0.3) is 119 Å². The summed E-state index contributed by atoms with van der Waals surface area (Å²) >= 11 is 3.64. The summed E-state index contributed by atoms with van der Waals surface area (Å²) in [5.74, 6) is 1.93. The van der Waals surface area contributed by atoms with Crippen molar-refractivity contribution < 1.29 is 0 Å². The van der Waals surface area contributed by atoms with Crippen molar-refractivity contribution in [3.8, 4) is 78.7 Å². The van der Waals surface area contributed by atoms with Crippen LogP contribution >= 0.6 is 22.7 Å². The smallest absolute Gasteiger partial charge is 0.248 e. The minimum absolute atomic E-state index is 0.0514. The fourth-order valence-corrected chi connectivity index (χ4v) is 17.6. The summed E-state index contributed by atoms with van der Waals surface area (Å²) in [5.41, 5.74) is 26.7. The molecule has 0 spiro atoms. The van der Waals surface area contributed by atoms with Crippen molar-refractivity contribution in [2.75, 3.05) is 4.90 Å². The first-order valence-corrected chi connectivity index (χ1v) is 31.7. The highest BCUT2D eigenvalue weighted by atomic mass is 32.1. The van der Waals surface area contributed by atoms with Gasteiger partial charge in [0.1, 0.15) is 0 Å². The number of rotatable bonds is 5. The van der Waals surface area contributed by atoms with Crippen LogP contribution < -0.4 is 21.3 Å². The fraction of sp³-hybridized carbons (Fsp3) is 0.127. The molecule has 0 saturated heterocycles. The zero-order chi connectivity index (χ0) is 57.7. The molecule has 2 aliphatic heterocycles. The molecule has 0 atom stereocenters. The number of hydrogen-bond acceptors (Lipinski definition) is 6. The van der Waals surface area contributed by atoms with Crippen LogP contribution in [0, 0.1) is 0 Å². The Morgan fingerprint density at radius 1 is 0.349 bits per heavy atom. The van der Waals surface area contributed by atoms with Gasteiger partial charge in [0.25, 0.3) is 0 Å². The van der Waals surface area contributed by atoms with Crippen LogP contribution in [0.2, 0.25) is 0 Å². The maximum Gasteiger partial charge on any atom is 0.248 e. The monoisotopic (exact) mass is 1140 g/mol. The van der Waals surface area contributed by atoms with Crippen LogP contribution in [-0.4, -0.2) is 21.7 Å². The topological polar surface area (TPSA) is 41.9 Å². The third-order valence-electron chi connectivity index (χ3n) is 19.7. The summed E-state index contributed by atoms with van der Waals surface area (Å²) in [4.78, 5) is 19.4. The van der Waals surface area contributed by atoms with Gasteiger partial charge in [0.05, 0.1) is 5.69 Å².